The minimum Gasteiger partial charge on any atom is -0.497 e. The van der Waals surface area contributed by atoms with Crippen LogP contribution in [0.15, 0.2) is 29.3 Å². The predicted molar refractivity (Wildman–Crippen MR) is 125 cm³/mol. The summed E-state index contributed by atoms with van der Waals surface area (Å²) in [6.45, 7) is 10.7. The van der Waals surface area contributed by atoms with Crippen molar-refractivity contribution in [3.05, 3.63) is 29.8 Å². The molecule has 1 heterocycles. The number of aliphatic imine (C=N–C) groups is 1. The van der Waals surface area contributed by atoms with E-state index < -0.39 is 0 Å². The van der Waals surface area contributed by atoms with E-state index in [0.717, 1.165) is 36.3 Å². The van der Waals surface area contributed by atoms with Gasteiger partial charge in [0.1, 0.15) is 5.75 Å². The van der Waals surface area contributed by atoms with E-state index in [2.05, 4.69) is 40.4 Å². The lowest BCUT2D eigenvalue weighted by molar-refractivity contribution is 0.189. The van der Waals surface area contributed by atoms with Crippen LogP contribution in [0, 0.1) is 5.92 Å². The molecule has 0 aromatic heterocycles. The van der Waals surface area contributed by atoms with Gasteiger partial charge in [-0.1, -0.05) is 19.1 Å². The van der Waals surface area contributed by atoms with Gasteiger partial charge >= 0.3 is 0 Å². The maximum absolute atomic E-state index is 5.27. The first-order valence-corrected chi connectivity index (χ1v) is 10.1. The highest BCUT2D eigenvalue weighted by molar-refractivity contribution is 14.0. The van der Waals surface area contributed by atoms with Crippen LogP contribution in [0.4, 0.5) is 0 Å². The van der Waals surface area contributed by atoms with Crippen molar-refractivity contribution in [2.75, 3.05) is 39.8 Å². The number of benzene rings is 1. The average Bonchev–Trinajstić information content (AvgIpc) is 2.67. The molecular formula is C21H37IN4O. The molecule has 5 nitrogen and oxygen atoms in total. The molecule has 2 rings (SSSR count). The number of likely N-dealkylation sites (tertiary alicyclic amines) is 1. The lowest BCUT2D eigenvalue weighted by Gasteiger charge is -2.30. The molecule has 6 heteroatoms. The number of nitrogens with zero attached hydrogens (tertiary/aromatic N) is 2. The smallest absolute Gasteiger partial charge is 0.191 e. The topological polar surface area (TPSA) is 48.9 Å². The van der Waals surface area contributed by atoms with Gasteiger partial charge in [0.2, 0.25) is 0 Å². The van der Waals surface area contributed by atoms with E-state index in [1.807, 2.05) is 18.2 Å². The van der Waals surface area contributed by atoms with Crippen LogP contribution in [0.2, 0.25) is 0 Å². The molecule has 1 aliphatic heterocycles. The molecule has 2 N–H and O–H groups in total. The number of hydrogen-bond acceptors (Lipinski definition) is 3. The maximum Gasteiger partial charge on any atom is 0.191 e. The molecule has 0 aliphatic carbocycles. The summed E-state index contributed by atoms with van der Waals surface area (Å²) in [5, 5.41) is 6.78. The normalized spacial score (nSPS) is 15.9. The Morgan fingerprint density at radius 1 is 1.22 bits per heavy atom. The van der Waals surface area contributed by atoms with Crippen molar-refractivity contribution in [1.82, 2.24) is 15.5 Å². The Balaban J connectivity index is 0.00000364. The summed E-state index contributed by atoms with van der Waals surface area (Å²) in [6, 6.07) is 8.08. The van der Waals surface area contributed by atoms with Crippen LogP contribution < -0.4 is 15.4 Å². The second-order valence-electron chi connectivity index (χ2n) is 7.20. The number of ether oxygens (including phenoxy) is 1. The summed E-state index contributed by atoms with van der Waals surface area (Å²) in [6.07, 6.45) is 5.14. The lowest BCUT2D eigenvalue weighted by Crippen LogP contribution is -2.38. The number of piperidine rings is 1. The number of methoxy groups -OCH3 is 1. The molecule has 0 unspecified atom stereocenters. The van der Waals surface area contributed by atoms with Gasteiger partial charge in [-0.15, -0.1) is 24.0 Å². The number of halogens is 1. The van der Waals surface area contributed by atoms with Gasteiger partial charge in [0.05, 0.1) is 13.7 Å². The average molecular weight is 488 g/mol. The standard InChI is InChI=1S/C21H36N4O.HI/c1-4-22-21(24-17-19-8-7-9-20(16-19)26-3)23-12-5-6-13-25-14-10-18(2)11-15-25;/h7-9,16,18H,4-6,10-15,17H2,1-3H3,(H2,22,23,24);1H. The van der Waals surface area contributed by atoms with Gasteiger partial charge in [0, 0.05) is 13.1 Å². The second kappa shape index (κ2) is 14.0. The molecule has 0 atom stereocenters. The molecule has 0 radical (unpaired) electrons. The number of rotatable bonds is 9. The fraction of sp³-hybridized carbons (Fsp3) is 0.667. The number of nitrogens with one attached hydrogen (secondary N) is 2. The lowest BCUT2D eigenvalue weighted by atomic mass is 9.99. The zero-order chi connectivity index (χ0) is 18.6. The van der Waals surface area contributed by atoms with E-state index in [4.69, 9.17) is 4.74 Å². The van der Waals surface area contributed by atoms with E-state index in [1.54, 1.807) is 7.11 Å². The third-order valence-corrected chi connectivity index (χ3v) is 4.97. The molecule has 0 saturated carbocycles. The van der Waals surface area contributed by atoms with Crippen LogP contribution in [-0.4, -0.2) is 50.7 Å². The molecule has 1 saturated heterocycles. The van der Waals surface area contributed by atoms with Gasteiger partial charge < -0.3 is 20.3 Å². The van der Waals surface area contributed by atoms with Crippen LogP contribution in [0.1, 0.15) is 45.1 Å². The van der Waals surface area contributed by atoms with Gasteiger partial charge in [0.25, 0.3) is 0 Å². The van der Waals surface area contributed by atoms with Crippen molar-refractivity contribution in [2.24, 2.45) is 10.9 Å². The molecule has 1 fully saturated rings. The second-order valence-corrected chi connectivity index (χ2v) is 7.20. The number of unbranched alkanes of at least 4 members (excludes halogenated alkanes) is 1. The third kappa shape index (κ3) is 9.65. The molecule has 1 aromatic carbocycles. The SMILES string of the molecule is CCNC(=NCc1cccc(OC)c1)NCCCCN1CCC(C)CC1.I. The first-order valence-electron chi connectivity index (χ1n) is 10.1. The molecule has 154 valence electrons. The first-order chi connectivity index (χ1) is 12.7. The number of hydrogen-bond donors (Lipinski definition) is 2. The molecule has 1 aromatic rings. The predicted octanol–water partition coefficient (Wildman–Crippen LogP) is 3.88. The van der Waals surface area contributed by atoms with Crippen molar-refractivity contribution in [3.63, 3.8) is 0 Å². The Bertz CT molecular complexity index is 545. The summed E-state index contributed by atoms with van der Waals surface area (Å²) in [5.41, 5.74) is 1.15. The molecule has 1 aliphatic rings. The molecular weight excluding hydrogens is 451 g/mol. The maximum atomic E-state index is 5.27. The fourth-order valence-corrected chi connectivity index (χ4v) is 3.24. The fourth-order valence-electron chi connectivity index (χ4n) is 3.24. The van der Waals surface area contributed by atoms with Crippen LogP contribution >= 0.6 is 24.0 Å². The largest absolute Gasteiger partial charge is 0.497 e. The molecule has 0 spiro atoms. The minimum absolute atomic E-state index is 0. The van der Waals surface area contributed by atoms with Crippen molar-refractivity contribution in [2.45, 2.75) is 46.1 Å². The van der Waals surface area contributed by atoms with Crippen molar-refractivity contribution in [1.29, 1.82) is 0 Å². The van der Waals surface area contributed by atoms with Crippen LogP contribution in [0.5, 0.6) is 5.75 Å². The molecule has 0 amide bonds. The Kier molecular flexibility index (Phi) is 12.5. The third-order valence-electron chi connectivity index (χ3n) is 4.97. The van der Waals surface area contributed by atoms with Crippen molar-refractivity contribution < 1.29 is 4.74 Å². The highest BCUT2D eigenvalue weighted by Crippen LogP contribution is 2.16. The Labute approximate surface area is 182 Å². The summed E-state index contributed by atoms with van der Waals surface area (Å²) in [7, 11) is 1.69. The molecule has 0 bridgehead atoms. The zero-order valence-electron chi connectivity index (χ0n) is 17.2. The van der Waals surface area contributed by atoms with E-state index in [1.165, 1.54) is 45.3 Å². The van der Waals surface area contributed by atoms with Gasteiger partial charge in [-0.3, -0.25) is 0 Å². The van der Waals surface area contributed by atoms with Crippen LogP contribution in [-0.2, 0) is 6.54 Å². The van der Waals surface area contributed by atoms with E-state index >= 15 is 0 Å². The molecule has 27 heavy (non-hydrogen) atoms. The van der Waals surface area contributed by atoms with Crippen LogP contribution in [0.25, 0.3) is 0 Å². The van der Waals surface area contributed by atoms with Gasteiger partial charge in [-0.05, 0) is 75.9 Å². The quantitative estimate of drug-likeness (QED) is 0.240. The first kappa shape index (κ1) is 24.0. The summed E-state index contributed by atoms with van der Waals surface area (Å²) in [4.78, 5) is 7.30. The Morgan fingerprint density at radius 3 is 2.70 bits per heavy atom. The summed E-state index contributed by atoms with van der Waals surface area (Å²) in [5.74, 6) is 2.68. The Hall–Kier alpha value is -1.02. The zero-order valence-corrected chi connectivity index (χ0v) is 19.5. The van der Waals surface area contributed by atoms with Crippen molar-refractivity contribution >= 4 is 29.9 Å². The van der Waals surface area contributed by atoms with Gasteiger partial charge in [-0.25, -0.2) is 4.99 Å². The van der Waals surface area contributed by atoms with E-state index in [-0.39, 0.29) is 24.0 Å². The Morgan fingerprint density at radius 2 is 2.00 bits per heavy atom. The van der Waals surface area contributed by atoms with Crippen molar-refractivity contribution in [3.8, 4) is 5.75 Å². The van der Waals surface area contributed by atoms with E-state index in [0.29, 0.717) is 6.54 Å². The van der Waals surface area contributed by atoms with Gasteiger partial charge in [0.15, 0.2) is 5.96 Å². The highest BCUT2D eigenvalue weighted by atomic mass is 127. The van der Waals surface area contributed by atoms with Gasteiger partial charge in [-0.2, -0.15) is 0 Å². The summed E-state index contributed by atoms with van der Waals surface area (Å²) < 4.78 is 5.27. The minimum atomic E-state index is 0. The summed E-state index contributed by atoms with van der Waals surface area (Å²) >= 11 is 0. The number of guanidine groups is 1. The van der Waals surface area contributed by atoms with Crippen LogP contribution in [0.3, 0.4) is 0 Å². The van der Waals surface area contributed by atoms with E-state index in [9.17, 15) is 0 Å². The highest BCUT2D eigenvalue weighted by Gasteiger charge is 2.14. The monoisotopic (exact) mass is 488 g/mol.